The Labute approximate surface area is 189 Å². The first-order chi connectivity index (χ1) is 15.1. The minimum absolute atomic E-state index is 0.0303. The molecule has 0 atom stereocenters. The second-order valence-corrected chi connectivity index (χ2v) is 9.48. The lowest BCUT2D eigenvalue weighted by Gasteiger charge is -2.12. The van der Waals surface area contributed by atoms with Gasteiger partial charge in [0.2, 0.25) is 0 Å². The first-order valence-corrected chi connectivity index (χ1v) is 12.2. The summed E-state index contributed by atoms with van der Waals surface area (Å²) in [6.07, 6.45) is 6.04. The van der Waals surface area contributed by atoms with Crippen molar-refractivity contribution < 1.29 is 9.90 Å². The monoisotopic (exact) mass is 455 g/mol. The molecular weight excluding hydrogens is 430 g/mol. The molecule has 2 aromatic heterocycles. The second kappa shape index (κ2) is 9.80. The molecule has 1 aliphatic rings. The van der Waals surface area contributed by atoms with Crippen LogP contribution in [0.4, 0.5) is 0 Å². The third-order valence-corrected chi connectivity index (χ3v) is 7.57. The Bertz CT molecular complexity index is 1170. The van der Waals surface area contributed by atoms with E-state index in [1.165, 1.54) is 28.6 Å². The van der Waals surface area contributed by atoms with Crippen LogP contribution in [0, 0.1) is 0 Å². The van der Waals surface area contributed by atoms with Gasteiger partial charge in [-0.05, 0) is 48.9 Å². The van der Waals surface area contributed by atoms with E-state index in [0.717, 1.165) is 35.0 Å². The summed E-state index contributed by atoms with van der Waals surface area (Å²) in [5.41, 5.74) is 2.82. The summed E-state index contributed by atoms with van der Waals surface area (Å²) in [7, 11) is 0. The minimum Gasteiger partial charge on any atom is -0.395 e. The molecule has 31 heavy (non-hydrogen) atoms. The molecule has 3 aromatic rings. The van der Waals surface area contributed by atoms with Crippen LogP contribution in [0.3, 0.4) is 0 Å². The number of rotatable bonds is 8. The third-order valence-electron chi connectivity index (χ3n) is 5.33. The molecule has 162 valence electrons. The molecule has 0 radical (unpaired) electrons. The van der Waals surface area contributed by atoms with Crippen LogP contribution in [0.2, 0.25) is 0 Å². The van der Waals surface area contributed by atoms with Crippen molar-refractivity contribution in [3.63, 3.8) is 0 Å². The average Bonchev–Trinajstić information content (AvgIpc) is 3.17. The molecule has 2 heterocycles. The fourth-order valence-electron chi connectivity index (χ4n) is 3.79. The van der Waals surface area contributed by atoms with E-state index in [1.54, 1.807) is 34.1 Å². The van der Waals surface area contributed by atoms with Gasteiger partial charge in [0.25, 0.3) is 11.5 Å². The fraction of sp³-hybridized carbons (Fsp3) is 0.348. The topological polar surface area (TPSA) is 84.2 Å². The number of aromatic nitrogens is 2. The summed E-state index contributed by atoms with van der Waals surface area (Å²) in [4.78, 5) is 32.3. The number of aliphatic hydroxyl groups excluding tert-OH is 1. The standard InChI is InChI=1S/C23H25N3O3S2/c1-2-12-26-22(29)19-17-5-3-4-6-18(17)31-21(19)25-23(26)30-14-15-7-9-16(10-8-15)20(28)24-11-13-27/h2,7-10,27H,1,3-6,11-14H2,(H,24,28). The van der Waals surface area contributed by atoms with Gasteiger partial charge in [-0.3, -0.25) is 14.2 Å². The van der Waals surface area contributed by atoms with Crippen molar-refractivity contribution >= 4 is 39.2 Å². The Balaban J connectivity index is 1.58. The minimum atomic E-state index is -0.207. The number of benzene rings is 1. The van der Waals surface area contributed by atoms with E-state index < -0.39 is 0 Å². The van der Waals surface area contributed by atoms with Crippen molar-refractivity contribution in [3.8, 4) is 0 Å². The zero-order valence-electron chi connectivity index (χ0n) is 17.2. The van der Waals surface area contributed by atoms with Gasteiger partial charge < -0.3 is 10.4 Å². The van der Waals surface area contributed by atoms with Gasteiger partial charge in [0.05, 0.1) is 12.0 Å². The van der Waals surface area contributed by atoms with Crippen molar-refractivity contribution in [3.05, 3.63) is 68.8 Å². The second-order valence-electron chi connectivity index (χ2n) is 7.45. The lowest BCUT2D eigenvalue weighted by atomic mass is 9.97. The molecular formula is C23H25N3O3S2. The highest BCUT2D eigenvalue weighted by Crippen LogP contribution is 2.35. The van der Waals surface area contributed by atoms with Gasteiger partial charge in [-0.15, -0.1) is 17.9 Å². The lowest BCUT2D eigenvalue weighted by molar-refractivity contribution is 0.0945. The highest BCUT2D eigenvalue weighted by atomic mass is 32.2. The number of thioether (sulfide) groups is 1. The van der Waals surface area contributed by atoms with Crippen LogP contribution in [0.15, 0.2) is 46.9 Å². The van der Waals surface area contributed by atoms with Crippen LogP contribution in [0.25, 0.3) is 10.2 Å². The van der Waals surface area contributed by atoms with E-state index in [0.29, 0.717) is 23.0 Å². The van der Waals surface area contributed by atoms with Crippen LogP contribution >= 0.6 is 23.1 Å². The number of nitrogens with one attached hydrogen (secondary N) is 1. The van der Waals surface area contributed by atoms with Crippen LogP contribution in [-0.2, 0) is 25.1 Å². The molecule has 0 saturated heterocycles. The molecule has 0 unspecified atom stereocenters. The highest BCUT2D eigenvalue weighted by Gasteiger charge is 2.22. The van der Waals surface area contributed by atoms with Crippen molar-refractivity contribution in [2.75, 3.05) is 13.2 Å². The molecule has 1 aromatic carbocycles. The zero-order valence-corrected chi connectivity index (χ0v) is 18.9. The molecule has 1 aliphatic carbocycles. The number of hydrogen-bond donors (Lipinski definition) is 2. The maximum atomic E-state index is 13.3. The average molecular weight is 456 g/mol. The van der Waals surface area contributed by atoms with Crippen LogP contribution < -0.4 is 10.9 Å². The summed E-state index contributed by atoms with van der Waals surface area (Å²) in [5, 5.41) is 13.0. The molecule has 1 amide bonds. The maximum absolute atomic E-state index is 13.3. The summed E-state index contributed by atoms with van der Waals surface area (Å²) in [6, 6.07) is 7.34. The Morgan fingerprint density at radius 3 is 2.81 bits per heavy atom. The SMILES string of the molecule is C=CCn1c(SCc2ccc(C(=O)NCCO)cc2)nc2sc3c(c2c1=O)CCCC3. The first kappa shape index (κ1) is 21.8. The number of aryl methyl sites for hydroxylation is 2. The van der Waals surface area contributed by atoms with E-state index in [1.807, 2.05) is 12.1 Å². The Kier molecular flexibility index (Phi) is 6.89. The van der Waals surface area contributed by atoms with E-state index in [-0.39, 0.29) is 24.6 Å². The van der Waals surface area contributed by atoms with Crippen LogP contribution in [0.5, 0.6) is 0 Å². The number of nitrogens with zero attached hydrogens (tertiary/aromatic N) is 2. The van der Waals surface area contributed by atoms with Gasteiger partial charge in [-0.1, -0.05) is 30.0 Å². The van der Waals surface area contributed by atoms with Crippen molar-refractivity contribution in [2.45, 2.75) is 43.1 Å². The third kappa shape index (κ3) is 4.61. The maximum Gasteiger partial charge on any atom is 0.263 e. The van der Waals surface area contributed by atoms with E-state index in [9.17, 15) is 9.59 Å². The number of fused-ring (bicyclic) bond motifs is 3. The quantitative estimate of drug-likeness (QED) is 0.308. The van der Waals surface area contributed by atoms with Crippen molar-refractivity contribution in [1.29, 1.82) is 0 Å². The number of carbonyl (C=O) groups excluding carboxylic acids is 1. The molecule has 0 fully saturated rings. The smallest absolute Gasteiger partial charge is 0.263 e. The van der Waals surface area contributed by atoms with Crippen LogP contribution in [-0.4, -0.2) is 33.7 Å². The number of amides is 1. The van der Waals surface area contributed by atoms with Gasteiger partial charge in [-0.25, -0.2) is 4.98 Å². The summed E-state index contributed by atoms with van der Waals surface area (Å²) in [5.74, 6) is 0.431. The molecule has 4 rings (SSSR count). The van der Waals surface area contributed by atoms with Crippen molar-refractivity contribution in [1.82, 2.24) is 14.9 Å². The number of thiophene rings is 1. The van der Waals surface area contributed by atoms with Gasteiger partial charge in [0.1, 0.15) is 4.83 Å². The fourth-order valence-corrected chi connectivity index (χ4v) is 6.06. The van der Waals surface area contributed by atoms with Gasteiger partial charge in [-0.2, -0.15) is 0 Å². The van der Waals surface area contributed by atoms with Gasteiger partial charge >= 0.3 is 0 Å². The van der Waals surface area contributed by atoms with Crippen LogP contribution in [0.1, 0.15) is 39.2 Å². The van der Waals surface area contributed by atoms with Crippen molar-refractivity contribution in [2.24, 2.45) is 0 Å². The summed E-state index contributed by atoms with van der Waals surface area (Å²) < 4.78 is 1.72. The predicted molar refractivity (Wildman–Crippen MR) is 126 cm³/mol. The Morgan fingerprint density at radius 2 is 2.06 bits per heavy atom. The molecule has 0 saturated carbocycles. The molecule has 8 heteroatoms. The van der Waals surface area contributed by atoms with E-state index in [2.05, 4.69) is 11.9 Å². The molecule has 0 bridgehead atoms. The molecule has 6 nitrogen and oxygen atoms in total. The number of hydrogen-bond acceptors (Lipinski definition) is 6. The van der Waals surface area contributed by atoms with Gasteiger partial charge in [0, 0.05) is 29.3 Å². The van der Waals surface area contributed by atoms with E-state index >= 15 is 0 Å². The summed E-state index contributed by atoms with van der Waals surface area (Å²) in [6.45, 7) is 4.39. The number of allylic oxidation sites excluding steroid dienone is 1. The normalized spacial score (nSPS) is 13.2. The molecule has 0 spiro atoms. The highest BCUT2D eigenvalue weighted by molar-refractivity contribution is 7.98. The number of carbonyl (C=O) groups is 1. The molecule has 0 aliphatic heterocycles. The number of aliphatic hydroxyl groups is 1. The van der Waals surface area contributed by atoms with Gasteiger partial charge in [0.15, 0.2) is 5.16 Å². The molecule has 2 N–H and O–H groups in total. The van der Waals surface area contributed by atoms with E-state index in [4.69, 9.17) is 10.1 Å². The Hall–Kier alpha value is -2.42. The first-order valence-electron chi connectivity index (χ1n) is 10.4. The predicted octanol–water partition coefficient (Wildman–Crippen LogP) is 3.54. The largest absolute Gasteiger partial charge is 0.395 e. The summed E-state index contributed by atoms with van der Waals surface area (Å²) >= 11 is 3.18. The zero-order chi connectivity index (χ0) is 21.8. The Morgan fingerprint density at radius 1 is 1.29 bits per heavy atom. The lowest BCUT2D eigenvalue weighted by Crippen LogP contribution is -2.26.